The van der Waals surface area contributed by atoms with Crippen molar-refractivity contribution < 1.29 is 28.5 Å². The second-order valence-corrected chi connectivity index (χ2v) is 7.45. The van der Waals surface area contributed by atoms with Gasteiger partial charge in [0.15, 0.2) is 11.5 Å². The zero-order chi connectivity index (χ0) is 22.8. The molecule has 1 aliphatic heterocycles. The molecule has 0 saturated carbocycles. The van der Waals surface area contributed by atoms with E-state index >= 15 is 0 Å². The van der Waals surface area contributed by atoms with Crippen LogP contribution in [0, 0.1) is 0 Å². The molecule has 2 N–H and O–H groups in total. The summed E-state index contributed by atoms with van der Waals surface area (Å²) in [5.74, 6) is 0.792. The van der Waals surface area contributed by atoms with E-state index in [1.165, 1.54) is 7.11 Å². The summed E-state index contributed by atoms with van der Waals surface area (Å²) < 4.78 is 22.2. The van der Waals surface area contributed by atoms with E-state index in [-0.39, 0.29) is 6.10 Å². The molecule has 2 aromatic rings. The van der Waals surface area contributed by atoms with Crippen LogP contribution in [0.2, 0.25) is 0 Å². The molecule has 1 heterocycles. The SMILES string of the molecule is CCCCOc1ccc(C(=O)NNC(=O)c2ccc(OC[C@H]3CCCO3)cc2)cc1OC. The predicted molar refractivity (Wildman–Crippen MR) is 119 cm³/mol. The Hall–Kier alpha value is -3.26. The third-order valence-electron chi connectivity index (χ3n) is 5.05. The number of carbonyl (C=O) groups is 2. The van der Waals surface area contributed by atoms with Crippen LogP contribution in [0.5, 0.6) is 17.2 Å². The monoisotopic (exact) mass is 442 g/mol. The molecule has 0 unspecified atom stereocenters. The normalized spacial score (nSPS) is 15.1. The lowest BCUT2D eigenvalue weighted by molar-refractivity contribution is 0.0679. The van der Waals surface area contributed by atoms with Gasteiger partial charge in [-0.15, -0.1) is 0 Å². The zero-order valence-electron chi connectivity index (χ0n) is 18.5. The molecule has 172 valence electrons. The van der Waals surface area contributed by atoms with Crippen LogP contribution in [0.3, 0.4) is 0 Å². The molecule has 32 heavy (non-hydrogen) atoms. The van der Waals surface area contributed by atoms with E-state index in [0.29, 0.717) is 41.6 Å². The van der Waals surface area contributed by atoms with E-state index in [1.54, 1.807) is 42.5 Å². The lowest BCUT2D eigenvalue weighted by Gasteiger charge is -2.13. The van der Waals surface area contributed by atoms with Crippen molar-refractivity contribution in [2.75, 3.05) is 26.9 Å². The van der Waals surface area contributed by atoms with E-state index < -0.39 is 11.8 Å². The zero-order valence-corrected chi connectivity index (χ0v) is 18.5. The standard InChI is InChI=1S/C24H30N2O6/c1-3-4-13-31-21-12-9-18(15-22(21)29-2)24(28)26-25-23(27)17-7-10-19(11-8-17)32-16-20-6-5-14-30-20/h7-12,15,20H,3-6,13-14,16H2,1-2H3,(H,25,27)(H,26,28)/t20-/m1/s1. The van der Waals surface area contributed by atoms with Gasteiger partial charge in [-0.1, -0.05) is 13.3 Å². The van der Waals surface area contributed by atoms with Crippen LogP contribution in [0.15, 0.2) is 42.5 Å². The fraction of sp³-hybridized carbons (Fsp3) is 0.417. The van der Waals surface area contributed by atoms with Crippen molar-refractivity contribution in [2.24, 2.45) is 0 Å². The van der Waals surface area contributed by atoms with Gasteiger partial charge >= 0.3 is 0 Å². The molecule has 8 heteroatoms. The third kappa shape index (κ3) is 6.62. The van der Waals surface area contributed by atoms with E-state index in [0.717, 1.165) is 32.3 Å². The van der Waals surface area contributed by atoms with E-state index in [1.807, 2.05) is 0 Å². The summed E-state index contributed by atoms with van der Waals surface area (Å²) in [6.45, 7) is 3.93. The van der Waals surface area contributed by atoms with Crippen LogP contribution in [0.25, 0.3) is 0 Å². The molecule has 2 amide bonds. The minimum Gasteiger partial charge on any atom is -0.493 e. The Morgan fingerprint density at radius 2 is 1.72 bits per heavy atom. The molecule has 1 aliphatic rings. The number of nitrogens with one attached hydrogen (secondary N) is 2. The average Bonchev–Trinajstić information content (AvgIpc) is 3.35. The molecule has 0 bridgehead atoms. The number of unbranched alkanes of at least 4 members (excludes halogenated alkanes) is 1. The molecule has 0 spiro atoms. The molecule has 1 fully saturated rings. The van der Waals surface area contributed by atoms with Crippen molar-refractivity contribution in [2.45, 2.75) is 38.7 Å². The maximum absolute atomic E-state index is 12.4. The van der Waals surface area contributed by atoms with Gasteiger partial charge in [-0.05, 0) is 61.7 Å². The number of hydrazine groups is 1. The highest BCUT2D eigenvalue weighted by atomic mass is 16.5. The number of benzene rings is 2. The minimum atomic E-state index is -0.465. The van der Waals surface area contributed by atoms with Crippen LogP contribution >= 0.6 is 0 Å². The highest BCUT2D eigenvalue weighted by Crippen LogP contribution is 2.28. The van der Waals surface area contributed by atoms with Crippen molar-refractivity contribution in [3.8, 4) is 17.2 Å². The molecule has 0 aliphatic carbocycles. The molecule has 8 nitrogen and oxygen atoms in total. The van der Waals surface area contributed by atoms with Crippen LogP contribution in [-0.2, 0) is 4.74 Å². The number of rotatable bonds is 10. The van der Waals surface area contributed by atoms with Crippen molar-refractivity contribution in [3.05, 3.63) is 53.6 Å². The highest BCUT2D eigenvalue weighted by molar-refractivity contribution is 5.99. The number of amides is 2. The summed E-state index contributed by atoms with van der Waals surface area (Å²) in [5, 5.41) is 0. The molecule has 0 radical (unpaired) electrons. The van der Waals surface area contributed by atoms with Crippen molar-refractivity contribution in [3.63, 3.8) is 0 Å². The fourth-order valence-corrected chi connectivity index (χ4v) is 3.18. The first kappa shape index (κ1) is 23.4. The van der Waals surface area contributed by atoms with Crippen LogP contribution in [-0.4, -0.2) is 44.8 Å². The molecule has 0 aromatic heterocycles. The van der Waals surface area contributed by atoms with E-state index in [2.05, 4.69) is 17.8 Å². The first-order valence-electron chi connectivity index (χ1n) is 10.9. The van der Waals surface area contributed by atoms with Crippen molar-refractivity contribution >= 4 is 11.8 Å². The maximum Gasteiger partial charge on any atom is 0.269 e. The number of hydrogen-bond acceptors (Lipinski definition) is 6. The van der Waals surface area contributed by atoms with Gasteiger partial charge in [0, 0.05) is 17.7 Å². The molecule has 1 saturated heterocycles. The van der Waals surface area contributed by atoms with E-state index in [9.17, 15) is 9.59 Å². The van der Waals surface area contributed by atoms with E-state index in [4.69, 9.17) is 18.9 Å². The summed E-state index contributed by atoms with van der Waals surface area (Å²) in [7, 11) is 1.51. The van der Waals surface area contributed by atoms with Crippen LogP contribution < -0.4 is 25.1 Å². The predicted octanol–water partition coefficient (Wildman–Crippen LogP) is 3.51. The minimum absolute atomic E-state index is 0.129. The Morgan fingerprint density at radius 3 is 2.38 bits per heavy atom. The molecule has 2 aromatic carbocycles. The Labute approximate surface area is 188 Å². The maximum atomic E-state index is 12.4. The van der Waals surface area contributed by atoms with Crippen LogP contribution in [0.1, 0.15) is 53.3 Å². The third-order valence-corrected chi connectivity index (χ3v) is 5.05. The Balaban J connectivity index is 1.49. The molecular weight excluding hydrogens is 412 g/mol. The van der Waals surface area contributed by atoms with Gasteiger partial charge in [0.1, 0.15) is 12.4 Å². The first-order valence-corrected chi connectivity index (χ1v) is 10.9. The fourth-order valence-electron chi connectivity index (χ4n) is 3.18. The summed E-state index contributed by atoms with van der Waals surface area (Å²) in [5.41, 5.74) is 5.56. The Bertz CT molecular complexity index is 894. The topological polar surface area (TPSA) is 95.1 Å². The summed E-state index contributed by atoms with van der Waals surface area (Å²) in [6, 6.07) is 11.6. The lowest BCUT2D eigenvalue weighted by Crippen LogP contribution is -2.41. The Morgan fingerprint density at radius 1 is 1.00 bits per heavy atom. The largest absolute Gasteiger partial charge is 0.493 e. The van der Waals surface area contributed by atoms with Crippen molar-refractivity contribution in [1.82, 2.24) is 10.9 Å². The van der Waals surface area contributed by atoms with Crippen LogP contribution in [0.4, 0.5) is 0 Å². The van der Waals surface area contributed by atoms with Gasteiger partial charge < -0.3 is 18.9 Å². The van der Waals surface area contributed by atoms with Gasteiger partial charge in [-0.2, -0.15) is 0 Å². The molecule has 3 rings (SSSR count). The summed E-state index contributed by atoms with van der Waals surface area (Å²) >= 11 is 0. The second-order valence-electron chi connectivity index (χ2n) is 7.45. The second kappa shape index (κ2) is 12.0. The smallest absolute Gasteiger partial charge is 0.269 e. The number of carbonyl (C=O) groups excluding carboxylic acids is 2. The molecular formula is C24H30N2O6. The number of ether oxygens (including phenoxy) is 4. The highest BCUT2D eigenvalue weighted by Gasteiger charge is 2.16. The van der Waals surface area contributed by atoms with Gasteiger partial charge in [0.05, 0.1) is 19.8 Å². The number of methoxy groups -OCH3 is 1. The van der Waals surface area contributed by atoms with Gasteiger partial charge in [-0.25, -0.2) is 0 Å². The van der Waals surface area contributed by atoms with Crippen molar-refractivity contribution in [1.29, 1.82) is 0 Å². The average molecular weight is 443 g/mol. The number of hydrogen-bond donors (Lipinski definition) is 2. The lowest BCUT2D eigenvalue weighted by atomic mass is 10.2. The Kier molecular flexibility index (Phi) is 8.74. The summed E-state index contributed by atoms with van der Waals surface area (Å²) in [4.78, 5) is 24.8. The quantitative estimate of drug-likeness (QED) is 0.432. The van der Waals surface area contributed by atoms with Gasteiger partial charge in [0.2, 0.25) is 0 Å². The first-order chi connectivity index (χ1) is 15.6. The summed E-state index contributed by atoms with van der Waals surface area (Å²) in [6.07, 6.45) is 4.14. The molecule has 1 atom stereocenters. The van der Waals surface area contributed by atoms with Gasteiger partial charge in [-0.3, -0.25) is 20.4 Å². The van der Waals surface area contributed by atoms with Gasteiger partial charge in [0.25, 0.3) is 11.8 Å².